The van der Waals surface area contributed by atoms with E-state index in [1.807, 2.05) is 0 Å². The summed E-state index contributed by atoms with van der Waals surface area (Å²) >= 11 is 6.54. The summed E-state index contributed by atoms with van der Waals surface area (Å²) in [7, 11) is 1.42. The Kier molecular flexibility index (Phi) is 6.01. The highest BCUT2D eigenvalue weighted by Gasteiger charge is 2.77. The molecular weight excluding hydrogens is 522 g/mol. The Morgan fingerprint density at radius 2 is 1.95 bits per heavy atom. The van der Waals surface area contributed by atoms with E-state index >= 15 is 8.78 Å². The Balaban J connectivity index is 1.61. The van der Waals surface area contributed by atoms with Crippen molar-refractivity contribution in [3.05, 3.63) is 40.1 Å². The zero-order chi connectivity index (χ0) is 27.1. The van der Waals surface area contributed by atoms with Crippen LogP contribution in [0.5, 0.6) is 5.75 Å². The van der Waals surface area contributed by atoms with Crippen molar-refractivity contribution >= 4 is 40.4 Å². The largest absolute Gasteiger partial charge is 0.499 e. The number of ether oxygens (including phenoxy) is 2. The Labute approximate surface area is 223 Å². The van der Waals surface area contributed by atoms with Crippen LogP contribution in [-0.4, -0.2) is 57.7 Å². The number of thiocarbonyl (C=S) groups is 1. The molecular formula is C27H30F2O6S2. The van der Waals surface area contributed by atoms with Crippen molar-refractivity contribution < 1.29 is 38.1 Å². The normalized spacial score (nSPS) is 44.4. The Hall–Kier alpha value is -2.17. The summed E-state index contributed by atoms with van der Waals surface area (Å²) in [6.45, 7) is 5.02. The number of thiophene rings is 1. The van der Waals surface area contributed by atoms with Gasteiger partial charge in [-0.2, -0.15) is 0 Å². The smallest absolute Gasteiger partial charge is 0.343 e. The van der Waals surface area contributed by atoms with Crippen molar-refractivity contribution in [1.82, 2.24) is 0 Å². The molecule has 200 valence electrons. The van der Waals surface area contributed by atoms with Crippen LogP contribution in [0.3, 0.4) is 0 Å². The van der Waals surface area contributed by atoms with Gasteiger partial charge in [-0.1, -0.05) is 19.9 Å². The minimum atomic E-state index is -2.28. The first-order valence-electron chi connectivity index (χ1n) is 12.3. The van der Waals surface area contributed by atoms with E-state index in [-0.39, 0.29) is 24.0 Å². The third-order valence-corrected chi connectivity index (χ3v) is 10.8. The van der Waals surface area contributed by atoms with Crippen LogP contribution in [0.15, 0.2) is 34.6 Å². The molecule has 0 saturated heterocycles. The predicted molar refractivity (Wildman–Crippen MR) is 137 cm³/mol. The van der Waals surface area contributed by atoms with Crippen molar-refractivity contribution in [1.29, 1.82) is 0 Å². The highest BCUT2D eigenvalue weighted by Crippen LogP contribution is 2.71. The van der Waals surface area contributed by atoms with Crippen molar-refractivity contribution in [3.63, 3.8) is 0 Å². The summed E-state index contributed by atoms with van der Waals surface area (Å²) in [6, 6.07) is 0. The van der Waals surface area contributed by atoms with Gasteiger partial charge in [-0.05, 0) is 62.0 Å². The van der Waals surface area contributed by atoms with Gasteiger partial charge < -0.3 is 19.7 Å². The van der Waals surface area contributed by atoms with E-state index in [0.717, 1.165) is 6.08 Å². The quantitative estimate of drug-likeness (QED) is 0.397. The molecule has 3 saturated carbocycles. The van der Waals surface area contributed by atoms with E-state index in [0.29, 0.717) is 12.2 Å². The van der Waals surface area contributed by atoms with Gasteiger partial charge in [0.1, 0.15) is 17.5 Å². The van der Waals surface area contributed by atoms with Gasteiger partial charge in [0.15, 0.2) is 17.1 Å². The number of carbonyl (C=O) groups is 2. The third kappa shape index (κ3) is 3.18. The fourth-order valence-electron chi connectivity index (χ4n) is 8.03. The highest BCUT2D eigenvalue weighted by atomic mass is 32.1. The maximum atomic E-state index is 17.4. The predicted octanol–water partition coefficient (Wildman–Crippen LogP) is 5.10. The maximum Gasteiger partial charge on any atom is 0.343 e. The third-order valence-electron chi connectivity index (χ3n) is 9.81. The first-order chi connectivity index (χ1) is 17.3. The lowest BCUT2D eigenvalue weighted by Gasteiger charge is -2.63. The number of alkyl halides is 2. The fourth-order valence-corrected chi connectivity index (χ4v) is 9.27. The van der Waals surface area contributed by atoms with Gasteiger partial charge in [0.05, 0.1) is 13.2 Å². The minimum absolute atomic E-state index is 0.0346. The SMILES string of the molecule is COc1cscc1C(=O)O[C@]1(C(O)=S)[C@H](C)C[C@H]2[C@@H]3C[C@H](F)C4=CC(=O)C=C[C@]4(C)[C@@]3(F)[C@@H](O)C[C@@]21C. The number of ketones is 1. The molecule has 2 N–H and O–H groups in total. The number of aliphatic hydroxyl groups excluding tert-OH is 2. The molecule has 0 amide bonds. The van der Waals surface area contributed by atoms with E-state index in [4.69, 9.17) is 21.7 Å². The van der Waals surface area contributed by atoms with Gasteiger partial charge >= 0.3 is 5.97 Å². The second kappa shape index (κ2) is 8.41. The van der Waals surface area contributed by atoms with E-state index < -0.39 is 68.9 Å². The summed E-state index contributed by atoms with van der Waals surface area (Å²) in [5, 5.41) is 25.1. The van der Waals surface area contributed by atoms with Gasteiger partial charge in [0.25, 0.3) is 0 Å². The molecule has 1 heterocycles. The monoisotopic (exact) mass is 552 g/mol. The maximum absolute atomic E-state index is 17.4. The topological polar surface area (TPSA) is 93.1 Å². The van der Waals surface area contributed by atoms with Crippen LogP contribution in [-0.2, 0) is 9.53 Å². The van der Waals surface area contributed by atoms with Gasteiger partial charge in [-0.3, -0.25) is 4.79 Å². The van der Waals surface area contributed by atoms with Crippen LogP contribution in [0.4, 0.5) is 8.78 Å². The van der Waals surface area contributed by atoms with E-state index in [9.17, 15) is 19.8 Å². The molecule has 3 fully saturated rings. The van der Waals surface area contributed by atoms with Crippen LogP contribution in [0.2, 0.25) is 0 Å². The molecule has 0 radical (unpaired) electrons. The lowest BCUT2D eigenvalue weighted by molar-refractivity contribution is -0.215. The van der Waals surface area contributed by atoms with Crippen LogP contribution < -0.4 is 4.74 Å². The lowest BCUT2D eigenvalue weighted by atomic mass is 9.44. The number of hydrogen-bond acceptors (Lipinski definition) is 7. The van der Waals surface area contributed by atoms with Crippen molar-refractivity contribution in [2.24, 2.45) is 28.6 Å². The van der Waals surface area contributed by atoms with Crippen LogP contribution in [0.1, 0.15) is 50.4 Å². The van der Waals surface area contributed by atoms with Crippen molar-refractivity contribution in [3.8, 4) is 5.75 Å². The second-order valence-corrected chi connectivity index (χ2v) is 12.4. The fraction of sp³-hybridized carbons (Fsp3) is 0.593. The van der Waals surface area contributed by atoms with Crippen LogP contribution in [0.25, 0.3) is 0 Å². The zero-order valence-electron chi connectivity index (χ0n) is 21.0. The molecule has 37 heavy (non-hydrogen) atoms. The number of esters is 1. The number of aliphatic hydroxyl groups is 2. The van der Waals surface area contributed by atoms with Crippen LogP contribution >= 0.6 is 23.6 Å². The molecule has 0 spiro atoms. The lowest BCUT2D eigenvalue weighted by Crippen LogP contribution is -2.70. The molecule has 6 nitrogen and oxygen atoms in total. The number of rotatable bonds is 4. The summed E-state index contributed by atoms with van der Waals surface area (Å²) in [5.41, 5.74) is -6.52. The summed E-state index contributed by atoms with van der Waals surface area (Å²) in [4.78, 5) is 25.4. The van der Waals surface area contributed by atoms with Crippen LogP contribution in [0, 0.1) is 28.6 Å². The average Bonchev–Trinajstić information content (AvgIpc) is 3.39. The second-order valence-electron chi connectivity index (χ2n) is 11.3. The average molecular weight is 553 g/mol. The molecule has 0 bridgehead atoms. The molecule has 10 heteroatoms. The molecule has 4 aliphatic carbocycles. The number of allylic oxidation sites excluding steroid dienone is 4. The molecule has 1 aromatic rings. The van der Waals surface area contributed by atoms with Gasteiger partial charge in [0.2, 0.25) is 5.05 Å². The summed E-state index contributed by atoms with van der Waals surface area (Å²) in [6.07, 6.45) is 0.399. The Morgan fingerprint density at radius 1 is 1.24 bits per heavy atom. The molecule has 1 aromatic heterocycles. The van der Waals surface area contributed by atoms with E-state index in [1.54, 1.807) is 24.6 Å². The molecule has 0 aliphatic heterocycles. The molecule has 4 aliphatic rings. The van der Waals surface area contributed by atoms with Crippen molar-refractivity contribution in [2.75, 3.05) is 7.11 Å². The van der Waals surface area contributed by atoms with Gasteiger partial charge in [-0.25, -0.2) is 13.6 Å². The summed E-state index contributed by atoms with van der Waals surface area (Å²) < 4.78 is 44.3. The molecule has 5 rings (SSSR count). The van der Waals surface area contributed by atoms with E-state index in [2.05, 4.69) is 0 Å². The highest BCUT2D eigenvalue weighted by molar-refractivity contribution is 7.80. The Morgan fingerprint density at radius 3 is 2.59 bits per heavy atom. The number of carbonyl (C=O) groups excluding carboxylic acids is 2. The molecule has 0 aromatic carbocycles. The molecule has 0 unspecified atom stereocenters. The number of methoxy groups -OCH3 is 1. The van der Waals surface area contributed by atoms with Crippen molar-refractivity contribution in [2.45, 2.75) is 63.6 Å². The minimum Gasteiger partial charge on any atom is -0.499 e. The standard InChI is InChI=1S/C27H30F2O6S2/c1-13-7-16-17-9-19(28)18-8-14(30)5-6-24(18,2)26(17,29)21(31)10-25(16,3)27(13,23(33)36)35-22(32)15-11-37-12-20(15)34-4/h5-6,8,11-13,16-17,19,21,31H,7,9-10H2,1-4H3,(H,33,36)/t13-,16+,17+,19+,21+,24+,25+,26+,27+/m1/s1. The molecule has 9 atom stereocenters. The number of hydrogen-bond donors (Lipinski definition) is 2. The first kappa shape index (κ1) is 26.4. The van der Waals surface area contributed by atoms with Gasteiger partial charge in [-0.15, -0.1) is 11.3 Å². The number of halogens is 2. The first-order valence-corrected chi connectivity index (χ1v) is 13.7. The number of fused-ring (bicyclic) bond motifs is 5. The zero-order valence-corrected chi connectivity index (χ0v) is 22.6. The van der Waals surface area contributed by atoms with E-state index in [1.165, 1.54) is 37.5 Å². The Bertz CT molecular complexity index is 1240. The summed E-state index contributed by atoms with van der Waals surface area (Å²) in [5.74, 6) is -2.97. The van der Waals surface area contributed by atoms with Gasteiger partial charge in [0, 0.05) is 33.4 Å².